The van der Waals surface area contributed by atoms with Crippen molar-refractivity contribution in [3.8, 4) is 11.5 Å². The van der Waals surface area contributed by atoms with Gasteiger partial charge < -0.3 is 9.84 Å². The van der Waals surface area contributed by atoms with E-state index in [0.717, 1.165) is 4.90 Å². The third-order valence-corrected chi connectivity index (χ3v) is 10.9. The van der Waals surface area contributed by atoms with E-state index in [1.54, 1.807) is 13.0 Å². The van der Waals surface area contributed by atoms with Crippen molar-refractivity contribution in [1.82, 2.24) is 4.90 Å². The van der Waals surface area contributed by atoms with E-state index < -0.39 is 92.6 Å². The van der Waals surface area contributed by atoms with Crippen molar-refractivity contribution in [1.29, 1.82) is 0 Å². The van der Waals surface area contributed by atoms with E-state index in [2.05, 4.69) is 0 Å². The molecule has 2 aromatic carbocycles. The molecule has 2 aromatic rings. The van der Waals surface area contributed by atoms with Crippen molar-refractivity contribution in [3.05, 3.63) is 64.7 Å². The molecule has 2 aliphatic heterocycles. The average molecular weight is 705 g/mol. The molecule has 16 heteroatoms. The number of rotatable bonds is 4. The summed E-state index contributed by atoms with van der Waals surface area (Å²) >= 11 is 14.1. The number of nitrogens with zero attached hydrogens (tertiary/aromatic N) is 2. The van der Waals surface area contributed by atoms with Crippen molar-refractivity contribution >= 4 is 52.5 Å². The molecule has 3 fully saturated rings. The second-order valence-corrected chi connectivity index (χ2v) is 13.2. The molecule has 0 unspecified atom stereocenters. The molecule has 4 aliphatic rings. The highest BCUT2D eigenvalue weighted by molar-refractivity contribution is 6.53. The largest absolute Gasteiger partial charge is 0.504 e. The van der Waals surface area contributed by atoms with Crippen LogP contribution in [0.1, 0.15) is 42.4 Å². The molecular formula is C31H24Cl2F6N2O6. The van der Waals surface area contributed by atoms with Crippen LogP contribution in [0.25, 0.3) is 0 Å². The van der Waals surface area contributed by atoms with Gasteiger partial charge in [0.1, 0.15) is 0 Å². The summed E-state index contributed by atoms with van der Waals surface area (Å²) in [4.78, 5) is 51.7. The quantitative estimate of drug-likeness (QED) is 0.181. The van der Waals surface area contributed by atoms with Gasteiger partial charge in [-0.1, -0.05) is 17.7 Å². The third-order valence-electron chi connectivity index (χ3n) is 9.46. The topological polar surface area (TPSA) is 104 Å². The minimum absolute atomic E-state index is 0.00952. The average Bonchev–Trinajstić information content (AvgIpc) is 3.32. The van der Waals surface area contributed by atoms with Gasteiger partial charge in [-0.25, -0.2) is 4.90 Å². The van der Waals surface area contributed by atoms with Gasteiger partial charge in [0.05, 0.1) is 35.3 Å². The summed E-state index contributed by atoms with van der Waals surface area (Å²) in [5.74, 6) is -9.03. The Kier molecular flexibility index (Phi) is 7.48. The number of anilines is 1. The molecule has 6 rings (SSSR count). The van der Waals surface area contributed by atoms with Gasteiger partial charge >= 0.3 is 12.4 Å². The normalized spacial score (nSPS) is 30.7. The number of phenolic OH excluding ortho intramolecular Hbond substituents is 1. The fourth-order valence-electron chi connectivity index (χ4n) is 7.42. The van der Waals surface area contributed by atoms with Crippen molar-refractivity contribution in [2.75, 3.05) is 18.6 Å². The maximum Gasteiger partial charge on any atom is 0.416 e. The molecule has 2 saturated heterocycles. The lowest BCUT2D eigenvalue weighted by Gasteiger charge is -2.50. The van der Waals surface area contributed by atoms with Crippen LogP contribution in [0.4, 0.5) is 32.0 Å². The number of hydrogen-bond acceptors (Lipinski definition) is 6. The summed E-state index contributed by atoms with van der Waals surface area (Å²) in [5.41, 5.74) is -3.75. The molecule has 8 nitrogen and oxygen atoms in total. The first-order chi connectivity index (χ1) is 21.8. The molecule has 1 N–H and O–H groups in total. The Bertz CT molecular complexity index is 1750. The first-order valence-corrected chi connectivity index (χ1v) is 15.1. The Hall–Kier alpha value is -3.78. The fourth-order valence-corrected chi connectivity index (χ4v) is 8.44. The zero-order chi connectivity index (χ0) is 34.6. The van der Waals surface area contributed by atoms with Gasteiger partial charge in [0.25, 0.3) is 11.8 Å². The van der Waals surface area contributed by atoms with Crippen LogP contribution in [-0.2, 0) is 31.5 Å². The Morgan fingerprint density at radius 1 is 0.915 bits per heavy atom. The number of amides is 4. The van der Waals surface area contributed by atoms with Gasteiger partial charge in [-0.2, -0.15) is 26.3 Å². The molecule has 2 aliphatic carbocycles. The minimum atomic E-state index is -5.24. The van der Waals surface area contributed by atoms with Gasteiger partial charge in [-0.3, -0.25) is 24.1 Å². The number of aromatic hydroxyl groups is 1. The number of carbonyl (C=O) groups is 4. The predicted molar refractivity (Wildman–Crippen MR) is 154 cm³/mol. The second kappa shape index (κ2) is 10.6. The molecule has 0 bridgehead atoms. The molecule has 2 heterocycles. The first-order valence-electron chi connectivity index (χ1n) is 14.3. The van der Waals surface area contributed by atoms with Crippen molar-refractivity contribution in [3.63, 3.8) is 0 Å². The van der Waals surface area contributed by atoms with E-state index >= 15 is 0 Å². The lowest BCUT2D eigenvalue weighted by atomic mass is 9.56. The maximum atomic E-state index is 14.1. The number of phenols is 1. The summed E-state index contributed by atoms with van der Waals surface area (Å²) in [6, 6.07) is 4.57. The second-order valence-electron chi connectivity index (χ2n) is 11.9. The van der Waals surface area contributed by atoms with Crippen LogP contribution in [-0.4, -0.2) is 57.0 Å². The number of alkyl halides is 8. The highest BCUT2D eigenvalue weighted by Gasteiger charge is 2.76. The smallest absolute Gasteiger partial charge is 0.416 e. The number of ether oxygens (including phenoxy) is 1. The molecule has 6 atom stereocenters. The molecule has 0 aromatic heterocycles. The number of allylic oxidation sites excluding steroid dienone is 2. The van der Waals surface area contributed by atoms with E-state index in [-0.39, 0.29) is 36.2 Å². The van der Waals surface area contributed by atoms with Crippen LogP contribution >= 0.6 is 23.2 Å². The van der Waals surface area contributed by atoms with Crippen LogP contribution in [0.15, 0.2) is 48.0 Å². The van der Waals surface area contributed by atoms with Crippen LogP contribution in [0, 0.1) is 17.8 Å². The summed E-state index contributed by atoms with van der Waals surface area (Å²) < 4.78 is 87.5. The van der Waals surface area contributed by atoms with E-state index in [0.29, 0.717) is 22.6 Å². The SMILES string of the molecule is CCOc1cc([C@H]2C3=CC[C@@H]4C(=O)N(c5cc(C(F)(F)F)cc(C(F)(F)F)c5)C(=O)[C@@H]4[C@@H]3C[C@@]3(Cl)C(=O)N(C)C(=O)[C@@]23Cl)ccc1O. The number of benzene rings is 2. The van der Waals surface area contributed by atoms with Crippen LogP contribution in [0.3, 0.4) is 0 Å². The van der Waals surface area contributed by atoms with E-state index in [1.807, 2.05) is 0 Å². The highest BCUT2D eigenvalue weighted by atomic mass is 35.5. The monoisotopic (exact) mass is 704 g/mol. The molecule has 0 spiro atoms. The van der Waals surface area contributed by atoms with E-state index in [1.165, 1.54) is 25.2 Å². The number of fused-ring (bicyclic) bond motifs is 4. The minimum Gasteiger partial charge on any atom is -0.504 e. The Labute approximate surface area is 272 Å². The molecule has 250 valence electrons. The van der Waals surface area contributed by atoms with E-state index in [4.69, 9.17) is 27.9 Å². The number of carbonyl (C=O) groups excluding carboxylic acids is 4. The van der Waals surface area contributed by atoms with Crippen molar-refractivity contribution in [2.45, 2.75) is 47.8 Å². The Morgan fingerprint density at radius 2 is 1.53 bits per heavy atom. The zero-order valence-corrected chi connectivity index (χ0v) is 25.9. The summed E-state index contributed by atoms with van der Waals surface area (Å²) in [6.07, 6.45) is -9.56. The maximum absolute atomic E-state index is 14.1. The van der Waals surface area contributed by atoms with Gasteiger partial charge in [0.15, 0.2) is 21.2 Å². The lowest BCUT2D eigenvalue weighted by Crippen LogP contribution is -2.60. The Morgan fingerprint density at radius 3 is 2.11 bits per heavy atom. The molecule has 4 amide bonds. The zero-order valence-electron chi connectivity index (χ0n) is 24.4. The number of halogens is 8. The molecular weight excluding hydrogens is 681 g/mol. The number of hydrogen-bond donors (Lipinski definition) is 1. The number of imide groups is 2. The summed E-state index contributed by atoms with van der Waals surface area (Å²) in [6.45, 7) is 1.80. The van der Waals surface area contributed by atoms with Crippen LogP contribution < -0.4 is 9.64 Å². The lowest BCUT2D eigenvalue weighted by molar-refractivity contribution is -0.143. The highest BCUT2D eigenvalue weighted by Crippen LogP contribution is 2.65. The molecule has 0 radical (unpaired) electrons. The molecule has 1 saturated carbocycles. The van der Waals surface area contributed by atoms with Crippen molar-refractivity contribution < 1.29 is 55.4 Å². The summed E-state index contributed by atoms with van der Waals surface area (Å²) in [5, 5.41) is 10.3. The third kappa shape index (κ3) is 4.65. The Balaban J connectivity index is 1.50. The number of likely N-dealkylation sites (tertiary alicyclic amines) is 1. The van der Waals surface area contributed by atoms with Gasteiger partial charge in [0.2, 0.25) is 11.8 Å². The molecule has 47 heavy (non-hydrogen) atoms. The first kappa shape index (κ1) is 33.1. The fraction of sp³-hybridized carbons (Fsp3) is 0.419. The van der Waals surface area contributed by atoms with Gasteiger partial charge in [0, 0.05) is 13.0 Å². The standard InChI is InChI=1S/C31H24Cl2F6N2O6/c1-3-47-21-8-13(4-7-20(21)42)23-17-5-6-18-22(19(17)12-28(32)26(45)40(2)27(46)29(23,28)33)25(44)41(24(18)43)16-10-14(30(34,35)36)9-15(11-16)31(37,38)39/h4-5,7-11,18-19,22-23,42H,3,6,12H2,1-2H3/t18-,19+,22-,23-,28+,29-/m0/s1. The summed E-state index contributed by atoms with van der Waals surface area (Å²) in [7, 11) is 1.18. The van der Waals surface area contributed by atoms with Crippen molar-refractivity contribution in [2.24, 2.45) is 17.8 Å². The van der Waals surface area contributed by atoms with Gasteiger partial charge in [-0.05, 0) is 61.6 Å². The van der Waals surface area contributed by atoms with E-state index in [9.17, 15) is 50.6 Å². The van der Waals surface area contributed by atoms with Gasteiger partial charge in [-0.15, -0.1) is 23.2 Å². The van der Waals surface area contributed by atoms with Crippen LogP contribution in [0.5, 0.6) is 11.5 Å². The van der Waals surface area contributed by atoms with Crippen LogP contribution in [0.2, 0.25) is 0 Å². The predicted octanol–water partition coefficient (Wildman–Crippen LogP) is 6.02.